The number of fused-ring (bicyclic) bond motifs is 1. The molecule has 0 radical (unpaired) electrons. The van der Waals surface area contributed by atoms with Gasteiger partial charge in [0.2, 0.25) is 10.0 Å². The molecule has 0 unspecified atom stereocenters. The minimum absolute atomic E-state index is 0.0718. The van der Waals surface area contributed by atoms with E-state index >= 15 is 0 Å². The third-order valence-corrected chi connectivity index (χ3v) is 7.35. The van der Waals surface area contributed by atoms with E-state index in [-0.39, 0.29) is 17.0 Å². The largest absolute Gasteiger partial charge is 0.419 e. The molecule has 0 atom stereocenters. The van der Waals surface area contributed by atoms with Crippen LogP contribution in [0.5, 0.6) is 0 Å². The average Bonchev–Trinajstić information content (AvgIpc) is 3.06. The Balaban J connectivity index is 1.47. The molecule has 1 aliphatic rings. The van der Waals surface area contributed by atoms with Crippen LogP contribution in [0.4, 0.5) is 0 Å². The average molecular weight is 445 g/mol. The molecule has 1 N–H and O–H groups in total. The highest BCUT2D eigenvalue weighted by Gasteiger charge is 2.19. The fraction of sp³-hybridized carbons (Fsp3) is 0.409. The molecule has 166 valence electrons. The lowest BCUT2D eigenvalue weighted by molar-refractivity contribution is 0.131. The normalized spacial score (nSPS) is 16.2. The summed E-state index contributed by atoms with van der Waals surface area (Å²) in [5.41, 5.74) is 2.88. The van der Waals surface area contributed by atoms with Gasteiger partial charge in [-0.3, -0.25) is 9.47 Å². The van der Waals surface area contributed by atoms with Gasteiger partial charge in [0, 0.05) is 52.4 Å². The van der Waals surface area contributed by atoms with Gasteiger partial charge in [0.05, 0.1) is 10.4 Å². The van der Waals surface area contributed by atoms with Gasteiger partial charge in [-0.1, -0.05) is 31.2 Å². The van der Waals surface area contributed by atoms with Gasteiger partial charge in [-0.25, -0.2) is 17.9 Å². The minimum atomic E-state index is -3.76. The molecule has 31 heavy (non-hydrogen) atoms. The van der Waals surface area contributed by atoms with Gasteiger partial charge >= 0.3 is 5.76 Å². The lowest BCUT2D eigenvalue weighted by Crippen LogP contribution is -2.45. The van der Waals surface area contributed by atoms with Gasteiger partial charge in [0.25, 0.3) is 0 Å². The van der Waals surface area contributed by atoms with Crippen LogP contribution in [0.25, 0.3) is 11.1 Å². The Bertz CT molecular complexity index is 1220. The Labute approximate surface area is 182 Å². The fourth-order valence-corrected chi connectivity index (χ4v) is 4.95. The fourth-order valence-electron chi connectivity index (χ4n) is 3.93. The smallest absolute Gasteiger partial charge is 0.408 e. The number of oxazole rings is 1. The second-order valence-electron chi connectivity index (χ2n) is 7.86. The Morgan fingerprint density at radius 2 is 1.68 bits per heavy atom. The number of likely N-dealkylation sites (N-methyl/N-ethyl adjacent to an activating group) is 1. The van der Waals surface area contributed by atoms with Crippen molar-refractivity contribution in [3.05, 3.63) is 64.1 Å². The number of hydrogen-bond acceptors (Lipinski definition) is 6. The summed E-state index contributed by atoms with van der Waals surface area (Å²) in [5, 5.41) is 0. The number of sulfonamides is 1. The molecule has 4 rings (SSSR count). The third-order valence-electron chi connectivity index (χ3n) is 5.95. The predicted octanol–water partition coefficient (Wildman–Crippen LogP) is 1.75. The first-order chi connectivity index (χ1) is 14.9. The van der Waals surface area contributed by atoms with E-state index in [0.29, 0.717) is 5.52 Å². The lowest BCUT2D eigenvalue weighted by atomic mass is 10.1. The van der Waals surface area contributed by atoms with Crippen molar-refractivity contribution in [1.82, 2.24) is 19.1 Å². The van der Waals surface area contributed by atoms with E-state index < -0.39 is 15.8 Å². The zero-order valence-electron chi connectivity index (χ0n) is 17.9. The minimum Gasteiger partial charge on any atom is -0.408 e. The Kier molecular flexibility index (Phi) is 6.29. The maximum atomic E-state index is 12.9. The molecule has 1 fully saturated rings. The maximum Gasteiger partial charge on any atom is 0.419 e. The maximum absolute atomic E-state index is 12.9. The van der Waals surface area contributed by atoms with Crippen LogP contribution in [0.15, 0.2) is 56.6 Å². The SMILES string of the molecule is CCN1CCN(Cc2ccccc2CNS(=O)(=O)c2ccc3c(c2)oc(=O)n3C)CC1. The topological polar surface area (TPSA) is 87.8 Å². The first-order valence-corrected chi connectivity index (χ1v) is 12.0. The standard InChI is InChI=1S/C22H28N4O4S/c1-3-25-10-12-26(13-11-25)16-18-7-5-4-6-17(18)15-23-31(28,29)19-8-9-20-21(14-19)30-22(27)24(20)2/h4-9,14,23H,3,10-13,15-16H2,1-2H3. The zero-order valence-corrected chi connectivity index (χ0v) is 18.7. The van der Waals surface area contributed by atoms with Crippen LogP contribution >= 0.6 is 0 Å². The molecule has 1 aromatic heterocycles. The van der Waals surface area contributed by atoms with Crippen LogP contribution in [0.2, 0.25) is 0 Å². The van der Waals surface area contributed by atoms with E-state index in [2.05, 4.69) is 27.5 Å². The van der Waals surface area contributed by atoms with Gasteiger partial charge in [-0.05, 0) is 29.8 Å². The van der Waals surface area contributed by atoms with Crippen molar-refractivity contribution >= 4 is 21.1 Å². The van der Waals surface area contributed by atoms with Gasteiger partial charge in [-0.15, -0.1) is 0 Å². The van der Waals surface area contributed by atoms with Gasteiger partial charge in [0.1, 0.15) is 0 Å². The molecule has 0 bridgehead atoms. The summed E-state index contributed by atoms with van der Waals surface area (Å²) in [6, 6.07) is 12.4. The van der Waals surface area contributed by atoms with Gasteiger partial charge < -0.3 is 9.32 Å². The molecule has 1 aliphatic heterocycles. The van der Waals surface area contributed by atoms with Crippen molar-refractivity contribution in [3.63, 3.8) is 0 Å². The van der Waals surface area contributed by atoms with Crippen molar-refractivity contribution < 1.29 is 12.8 Å². The van der Waals surface area contributed by atoms with Gasteiger partial charge in [-0.2, -0.15) is 0 Å². The summed E-state index contributed by atoms with van der Waals surface area (Å²) >= 11 is 0. The van der Waals surface area contributed by atoms with Crippen LogP contribution in [0, 0.1) is 0 Å². The van der Waals surface area contributed by atoms with Crippen molar-refractivity contribution in [2.24, 2.45) is 7.05 Å². The predicted molar refractivity (Wildman–Crippen MR) is 119 cm³/mol. The molecule has 2 heterocycles. The van der Waals surface area contributed by atoms with E-state index in [4.69, 9.17) is 4.42 Å². The second kappa shape index (κ2) is 8.96. The van der Waals surface area contributed by atoms with Crippen LogP contribution in [0.1, 0.15) is 18.1 Å². The summed E-state index contributed by atoms with van der Waals surface area (Å²) in [4.78, 5) is 16.6. The molecule has 0 saturated carbocycles. The highest BCUT2D eigenvalue weighted by atomic mass is 32.2. The number of nitrogens with one attached hydrogen (secondary N) is 1. The number of nitrogens with zero attached hydrogens (tertiary/aromatic N) is 3. The molecule has 2 aromatic carbocycles. The number of aryl methyl sites for hydroxylation is 1. The van der Waals surface area contributed by atoms with E-state index in [1.165, 1.54) is 16.7 Å². The Morgan fingerprint density at radius 3 is 2.39 bits per heavy atom. The van der Waals surface area contributed by atoms with Crippen LogP contribution in [0.3, 0.4) is 0 Å². The van der Waals surface area contributed by atoms with Crippen LogP contribution < -0.4 is 10.5 Å². The molecule has 0 spiro atoms. The first kappa shape index (κ1) is 21.8. The van der Waals surface area contributed by atoms with E-state index in [1.54, 1.807) is 13.1 Å². The highest BCUT2D eigenvalue weighted by molar-refractivity contribution is 7.89. The summed E-state index contributed by atoms with van der Waals surface area (Å²) in [6.07, 6.45) is 0. The first-order valence-electron chi connectivity index (χ1n) is 10.5. The van der Waals surface area contributed by atoms with Crippen molar-refractivity contribution in [1.29, 1.82) is 0 Å². The molecule has 9 heteroatoms. The van der Waals surface area contributed by atoms with E-state index in [0.717, 1.165) is 50.4 Å². The summed E-state index contributed by atoms with van der Waals surface area (Å²) in [5.74, 6) is -0.522. The Hall–Kier alpha value is -2.46. The van der Waals surface area contributed by atoms with E-state index in [1.807, 2.05) is 18.2 Å². The molecular formula is C22H28N4O4S. The van der Waals surface area contributed by atoms with Crippen LogP contribution in [-0.4, -0.2) is 55.5 Å². The number of hydrogen-bond donors (Lipinski definition) is 1. The van der Waals surface area contributed by atoms with Crippen molar-refractivity contribution in [3.8, 4) is 0 Å². The van der Waals surface area contributed by atoms with E-state index in [9.17, 15) is 13.2 Å². The second-order valence-corrected chi connectivity index (χ2v) is 9.63. The van der Waals surface area contributed by atoms with Crippen molar-refractivity contribution in [2.45, 2.75) is 24.9 Å². The molecular weight excluding hydrogens is 416 g/mol. The summed E-state index contributed by atoms with van der Waals surface area (Å²) in [7, 11) is -2.17. The third kappa shape index (κ3) is 4.74. The number of piperazine rings is 1. The molecule has 0 aliphatic carbocycles. The lowest BCUT2D eigenvalue weighted by Gasteiger charge is -2.34. The quantitative estimate of drug-likeness (QED) is 0.597. The van der Waals surface area contributed by atoms with Crippen molar-refractivity contribution in [2.75, 3.05) is 32.7 Å². The molecule has 1 saturated heterocycles. The number of benzene rings is 2. The monoisotopic (exact) mass is 444 g/mol. The number of rotatable bonds is 7. The molecule has 0 amide bonds. The molecule has 3 aromatic rings. The molecule has 8 nitrogen and oxygen atoms in total. The Morgan fingerprint density at radius 1 is 1.00 bits per heavy atom. The highest BCUT2D eigenvalue weighted by Crippen LogP contribution is 2.19. The number of aromatic nitrogens is 1. The zero-order chi connectivity index (χ0) is 22.0. The summed E-state index contributed by atoms with van der Waals surface area (Å²) < 4.78 is 34.9. The summed E-state index contributed by atoms with van der Waals surface area (Å²) in [6.45, 7) is 8.39. The van der Waals surface area contributed by atoms with Crippen LogP contribution in [-0.2, 0) is 30.2 Å². The van der Waals surface area contributed by atoms with Gasteiger partial charge in [0.15, 0.2) is 5.58 Å².